The van der Waals surface area contributed by atoms with Gasteiger partial charge in [0.05, 0.1) is 5.56 Å². The number of nitrogens with zero attached hydrogens (tertiary/aromatic N) is 2. The third-order valence-electron chi connectivity index (χ3n) is 4.28. The van der Waals surface area contributed by atoms with Gasteiger partial charge in [-0.05, 0) is 36.1 Å². The summed E-state index contributed by atoms with van der Waals surface area (Å²) in [6.45, 7) is 2.29. The molecule has 0 bridgehead atoms. The highest BCUT2D eigenvalue weighted by Crippen LogP contribution is 2.34. The topological polar surface area (TPSA) is 75.9 Å². The first-order valence-corrected chi connectivity index (χ1v) is 9.21. The van der Waals surface area contributed by atoms with E-state index in [-0.39, 0.29) is 11.8 Å². The summed E-state index contributed by atoms with van der Waals surface area (Å²) in [5.74, 6) is -3.67. The van der Waals surface area contributed by atoms with E-state index in [4.69, 9.17) is 5.73 Å². The Kier molecular flexibility index (Phi) is 7.25. The van der Waals surface area contributed by atoms with Crippen molar-refractivity contribution in [3.63, 3.8) is 0 Å². The van der Waals surface area contributed by atoms with E-state index in [0.29, 0.717) is 11.4 Å². The van der Waals surface area contributed by atoms with E-state index in [1.165, 1.54) is 7.05 Å². The molecular weight excluding hydrogens is 367 g/mol. The third kappa shape index (κ3) is 4.94. The summed E-state index contributed by atoms with van der Waals surface area (Å²) in [5.41, 5.74) is 8.75. The number of unbranched alkanes of at least 4 members (excludes halogenated alkanes) is 1. The first kappa shape index (κ1) is 21.5. The highest BCUT2D eigenvalue weighted by atomic mass is 19.3. The van der Waals surface area contributed by atoms with Gasteiger partial charge in [-0.3, -0.25) is 0 Å². The lowest BCUT2D eigenvalue weighted by Crippen LogP contribution is -2.19. The number of nitrogens with two attached hydrogens (primary N) is 1. The van der Waals surface area contributed by atoms with E-state index >= 15 is 0 Å². The van der Waals surface area contributed by atoms with Gasteiger partial charge in [-0.15, -0.1) is 0 Å². The minimum Gasteiger partial charge on any atom is -0.398 e. The summed E-state index contributed by atoms with van der Waals surface area (Å²) in [7, 11) is 1.44. The Hall–Kier alpha value is -2.77. The fourth-order valence-electron chi connectivity index (χ4n) is 2.70. The van der Waals surface area contributed by atoms with Crippen LogP contribution in [0.1, 0.15) is 43.4 Å². The van der Waals surface area contributed by atoms with Crippen molar-refractivity contribution in [3.05, 3.63) is 41.1 Å². The van der Waals surface area contributed by atoms with Gasteiger partial charge in [0.15, 0.2) is 6.67 Å². The lowest BCUT2D eigenvalue weighted by Gasteiger charge is -2.17. The van der Waals surface area contributed by atoms with Gasteiger partial charge >= 0.3 is 5.92 Å². The predicted molar refractivity (Wildman–Crippen MR) is 109 cm³/mol. The van der Waals surface area contributed by atoms with E-state index in [1.807, 2.05) is 19.1 Å². The molecule has 0 spiro atoms. The van der Waals surface area contributed by atoms with Crippen molar-refractivity contribution in [3.8, 4) is 0 Å². The fourth-order valence-corrected chi connectivity index (χ4v) is 2.70. The normalized spacial score (nSPS) is 11.8. The van der Waals surface area contributed by atoms with E-state index in [1.54, 1.807) is 6.07 Å². The molecule has 28 heavy (non-hydrogen) atoms. The van der Waals surface area contributed by atoms with Crippen LogP contribution in [0, 0.1) is 0 Å². The Balaban J connectivity index is 2.36. The van der Waals surface area contributed by atoms with E-state index < -0.39 is 18.2 Å². The number of rotatable bonds is 9. The zero-order chi connectivity index (χ0) is 20.7. The summed E-state index contributed by atoms with van der Waals surface area (Å²) in [4.78, 5) is 7.98. The maximum Gasteiger partial charge on any atom is 0.306 e. The largest absolute Gasteiger partial charge is 0.398 e. The maximum atomic E-state index is 13.7. The number of hydrogen-bond acceptors (Lipinski definition) is 5. The molecule has 1 aromatic heterocycles. The number of aromatic nitrogens is 2. The number of nitrogen functional groups attached to an aromatic ring is 1. The van der Waals surface area contributed by atoms with Crippen molar-refractivity contribution in [2.75, 3.05) is 30.1 Å². The molecule has 8 heteroatoms. The van der Waals surface area contributed by atoms with Crippen LogP contribution in [0.15, 0.2) is 24.4 Å². The molecule has 0 unspecified atom stereocenters. The van der Waals surface area contributed by atoms with Crippen molar-refractivity contribution >= 4 is 29.2 Å². The van der Waals surface area contributed by atoms with Gasteiger partial charge in [-0.1, -0.05) is 32.4 Å². The molecule has 152 valence electrons. The predicted octanol–water partition coefficient (Wildman–Crippen LogP) is 5.28. The highest BCUT2D eigenvalue weighted by Gasteiger charge is 2.35. The minimum atomic E-state index is -3.65. The molecule has 1 heterocycles. The van der Waals surface area contributed by atoms with E-state index in [9.17, 15) is 13.2 Å². The zero-order valence-corrected chi connectivity index (χ0v) is 16.3. The lowest BCUT2D eigenvalue weighted by molar-refractivity contribution is -0.0279. The second kappa shape index (κ2) is 9.43. The number of alkyl halides is 3. The molecule has 0 aliphatic heterocycles. The number of halogens is 3. The molecule has 0 radical (unpaired) electrons. The number of anilines is 4. The smallest absolute Gasteiger partial charge is 0.306 e. The van der Waals surface area contributed by atoms with Gasteiger partial charge < -0.3 is 16.4 Å². The Morgan fingerprint density at radius 3 is 2.61 bits per heavy atom. The van der Waals surface area contributed by atoms with Crippen molar-refractivity contribution in [2.24, 2.45) is 0 Å². The van der Waals surface area contributed by atoms with Crippen molar-refractivity contribution in [1.82, 2.24) is 9.97 Å². The molecule has 0 saturated carbocycles. The lowest BCUT2D eigenvalue weighted by atomic mass is 10.0. The average molecular weight is 393 g/mol. The minimum absolute atomic E-state index is 0.117. The van der Waals surface area contributed by atoms with Crippen LogP contribution in [0.25, 0.3) is 6.08 Å². The van der Waals surface area contributed by atoms with Crippen LogP contribution in [-0.2, 0) is 12.3 Å². The summed E-state index contributed by atoms with van der Waals surface area (Å²) < 4.78 is 40.0. The number of benzene rings is 1. The van der Waals surface area contributed by atoms with Gasteiger partial charge in [0.1, 0.15) is 5.82 Å². The molecule has 4 N–H and O–H groups in total. The molecule has 2 rings (SSSR count). The van der Waals surface area contributed by atoms with Crippen LogP contribution in [0.3, 0.4) is 0 Å². The molecule has 0 aliphatic rings. The van der Waals surface area contributed by atoms with Gasteiger partial charge in [0, 0.05) is 24.6 Å². The van der Waals surface area contributed by atoms with Crippen molar-refractivity contribution < 1.29 is 13.2 Å². The Bertz CT molecular complexity index is 837. The second-order valence-electron chi connectivity index (χ2n) is 6.35. The quantitative estimate of drug-likeness (QED) is 0.505. The molecule has 5 nitrogen and oxygen atoms in total. The van der Waals surface area contributed by atoms with Crippen LogP contribution in [0.5, 0.6) is 0 Å². The summed E-state index contributed by atoms with van der Waals surface area (Å²) >= 11 is 0. The summed E-state index contributed by atoms with van der Waals surface area (Å²) in [6, 6.07) is 3.76. The second-order valence-corrected chi connectivity index (χ2v) is 6.35. The standard InChI is InChI=1S/C20H26F3N5/c1-4-6-7-8-14-9-13(5-2)17(10-16(14)24)27-19-26-11-15(18(25-3)28-19)20(22,23)12-21/h7-11H,4-6,12,24H2,1-3H3,(H2,25,26,27,28)/b8-7-. The summed E-state index contributed by atoms with van der Waals surface area (Å²) in [6.07, 6.45) is 7.75. The molecule has 0 fully saturated rings. The maximum absolute atomic E-state index is 13.7. The van der Waals surface area contributed by atoms with Crippen LogP contribution in [-0.4, -0.2) is 23.7 Å². The Labute approximate surface area is 163 Å². The monoisotopic (exact) mass is 393 g/mol. The SMILES string of the molecule is CCC/C=C\c1cc(CC)c(Nc2ncc(C(F)(F)CF)c(NC)n2)cc1N. The third-order valence-corrected chi connectivity index (χ3v) is 4.28. The average Bonchev–Trinajstić information content (AvgIpc) is 2.69. The number of aryl methyl sites for hydroxylation is 1. The molecule has 0 amide bonds. The molecule has 2 aromatic rings. The molecular formula is C20H26F3N5. The molecule has 0 atom stereocenters. The van der Waals surface area contributed by atoms with Crippen LogP contribution < -0.4 is 16.4 Å². The first-order valence-electron chi connectivity index (χ1n) is 9.21. The summed E-state index contributed by atoms with van der Waals surface area (Å²) in [5, 5.41) is 5.59. The van der Waals surface area contributed by atoms with Crippen molar-refractivity contribution in [1.29, 1.82) is 0 Å². The highest BCUT2D eigenvalue weighted by molar-refractivity contribution is 5.74. The van der Waals surface area contributed by atoms with Gasteiger partial charge in [0.25, 0.3) is 0 Å². The van der Waals surface area contributed by atoms with Crippen LogP contribution in [0.4, 0.5) is 36.3 Å². The number of nitrogens with one attached hydrogen (secondary N) is 2. The van der Waals surface area contributed by atoms with Crippen molar-refractivity contribution in [2.45, 2.75) is 39.0 Å². The Morgan fingerprint density at radius 2 is 2.00 bits per heavy atom. The zero-order valence-electron chi connectivity index (χ0n) is 16.3. The molecule has 0 saturated heterocycles. The Morgan fingerprint density at radius 1 is 1.25 bits per heavy atom. The van der Waals surface area contributed by atoms with Gasteiger partial charge in [-0.2, -0.15) is 13.8 Å². The molecule has 1 aromatic carbocycles. The van der Waals surface area contributed by atoms with E-state index in [0.717, 1.165) is 36.6 Å². The fraction of sp³-hybridized carbons (Fsp3) is 0.400. The van der Waals surface area contributed by atoms with Crippen LogP contribution in [0.2, 0.25) is 0 Å². The van der Waals surface area contributed by atoms with E-state index in [2.05, 4.69) is 33.6 Å². The van der Waals surface area contributed by atoms with Crippen LogP contribution >= 0.6 is 0 Å². The van der Waals surface area contributed by atoms with Gasteiger partial charge in [-0.25, -0.2) is 9.37 Å². The first-order chi connectivity index (χ1) is 13.4. The molecule has 0 aliphatic carbocycles. The van der Waals surface area contributed by atoms with Gasteiger partial charge in [0.2, 0.25) is 5.95 Å². The number of allylic oxidation sites excluding steroid dienone is 1. The number of hydrogen-bond donors (Lipinski definition) is 3.